The zero-order chi connectivity index (χ0) is 17.1. The molecule has 1 saturated heterocycles. The Hall–Kier alpha value is -2.69. The first-order valence-electron chi connectivity index (χ1n) is 8.13. The number of aryl methyl sites for hydroxylation is 1. The largest absolute Gasteiger partial charge is 0.465 e. The maximum Gasteiger partial charge on any atom is 0.337 e. The first kappa shape index (κ1) is 16.2. The van der Waals surface area contributed by atoms with Crippen LogP contribution in [0.25, 0.3) is 0 Å². The number of esters is 1. The standard InChI is InChI=1S/C19H23N3O2/c1-14-3-6-16(7-4-14)21-9-11-22(12-10-21)18-8-5-15(13-17(18)20)19(23)24-2/h3-8,13H,9-12,20H2,1-2H3. The second kappa shape index (κ2) is 6.83. The summed E-state index contributed by atoms with van der Waals surface area (Å²) in [5, 5.41) is 0. The third-order valence-electron chi connectivity index (χ3n) is 4.47. The highest BCUT2D eigenvalue weighted by molar-refractivity contribution is 5.92. The smallest absolute Gasteiger partial charge is 0.337 e. The lowest BCUT2D eigenvalue weighted by molar-refractivity contribution is 0.0601. The van der Waals surface area contributed by atoms with Gasteiger partial charge in [0, 0.05) is 31.9 Å². The molecule has 0 saturated carbocycles. The molecule has 1 fully saturated rings. The topological polar surface area (TPSA) is 58.8 Å². The average Bonchev–Trinajstić information content (AvgIpc) is 2.62. The fourth-order valence-corrected chi connectivity index (χ4v) is 3.05. The first-order chi connectivity index (χ1) is 11.6. The van der Waals surface area contributed by atoms with E-state index in [1.807, 2.05) is 6.07 Å². The Morgan fingerprint density at radius 1 is 1.00 bits per heavy atom. The van der Waals surface area contributed by atoms with Crippen LogP contribution in [0.5, 0.6) is 0 Å². The van der Waals surface area contributed by atoms with Gasteiger partial charge in [-0.15, -0.1) is 0 Å². The van der Waals surface area contributed by atoms with Crippen LogP contribution in [0.15, 0.2) is 42.5 Å². The third kappa shape index (κ3) is 3.30. The van der Waals surface area contributed by atoms with Crippen molar-refractivity contribution in [1.82, 2.24) is 0 Å². The molecule has 1 heterocycles. The highest BCUT2D eigenvalue weighted by atomic mass is 16.5. The summed E-state index contributed by atoms with van der Waals surface area (Å²) in [5.74, 6) is -0.363. The predicted octanol–water partition coefficient (Wildman–Crippen LogP) is 2.69. The van der Waals surface area contributed by atoms with Crippen LogP contribution in [-0.2, 0) is 4.74 Å². The lowest BCUT2D eigenvalue weighted by atomic mass is 10.1. The number of ether oxygens (including phenoxy) is 1. The summed E-state index contributed by atoms with van der Waals surface area (Å²) in [4.78, 5) is 16.2. The van der Waals surface area contributed by atoms with Crippen molar-refractivity contribution in [3.63, 3.8) is 0 Å². The van der Waals surface area contributed by atoms with E-state index in [0.717, 1.165) is 31.9 Å². The first-order valence-corrected chi connectivity index (χ1v) is 8.13. The van der Waals surface area contributed by atoms with Crippen molar-refractivity contribution in [3.8, 4) is 0 Å². The summed E-state index contributed by atoms with van der Waals surface area (Å²) in [6.45, 7) is 5.79. The number of carbonyl (C=O) groups excluding carboxylic acids is 1. The molecule has 2 aromatic rings. The predicted molar refractivity (Wildman–Crippen MR) is 97.8 cm³/mol. The van der Waals surface area contributed by atoms with Gasteiger partial charge in [0.05, 0.1) is 24.0 Å². The van der Waals surface area contributed by atoms with Crippen LogP contribution in [0.4, 0.5) is 17.1 Å². The van der Waals surface area contributed by atoms with Crippen LogP contribution < -0.4 is 15.5 Å². The molecule has 0 unspecified atom stereocenters. The van der Waals surface area contributed by atoms with Gasteiger partial charge >= 0.3 is 5.97 Å². The molecule has 0 spiro atoms. The van der Waals surface area contributed by atoms with Crippen molar-refractivity contribution in [3.05, 3.63) is 53.6 Å². The van der Waals surface area contributed by atoms with Crippen LogP contribution in [0, 0.1) is 6.92 Å². The molecule has 0 radical (unpaired) electrons. The maximum atomic E-state index is 11.6. The van der Waals surface area contributed by atoms with E-state index in [9.17, 15) is 4.79 Å². The molecular weight excluding hydrogens is 302 g/mol. The number of hydrogen-bond donors (Lipinski definition) is 1. The molecule has 0 amide bonds. The molecule has 0 aromatic heterocycles. The molecule has 126 valence electrons. The fourth-order valence-electron chi connectivity index (χ4n) is 3.05. The molecule has 1 aliphatic rings. The van der Waals surface area contributed by atoms with Crippen molar-refractivity contribution in [2.45, 2.75) is 6.92 Å². The average molecular weight is 325 g/mol. The molecule has 0 bridgehead atoms. The number of nitrogen functional groups attached to an aromatic ring is 1. The van der Waals surface area contributed by atoms with Gasteiger partial charge in [-0.05, 0) is 37.3 Å². The molecule has 1 aliphatic heterocycles. The van der Waals surface area contributed by atoms with Crippen LogP contribution in [0.1, 0.15) is 15.9 Å². The Balaban J connectivity index is 1.68. The van der Waals surface area contributed by atoms with Gasteiger partial charge in [-0.3, -0.25) is 0 Å². The number of nitrogens with zero attached hydrogens (tertiary/aromatic N) is 2. The van der Waals surface area contributed by atoms with E-state index < -0.39 is 0 Å². The van der Waals surface area contributed by atoms with Crippen molar-refractivity contribution < 1.29 is 9.53 Å². The molecule has 5 nitrogen and oxygen atoms in total. The zero-order valence-corrected chi connectivity index (χ0v) is 14.2. The Morgan fingerprint density at radius 2 is 1.62 bits per heavy atom. The number of anilines is 3. The normalized spacial score (nSPS) is 14.6. The number of nitrogens with two attached hydrogens (primary N) is 1. The minimum absolute atomic E-state index is 0.363. The number of hydrogen-bond acceptors (Lipinski definition) is 5. The number of rotatable bonds is 3. The van der Waals surface area contributed by atoms with Crippen molar-refractivity contribution in [1.29, 1.82) is 0 Å². The lowest BCUT2D eigenvalue weighted by Gasteiger charge is -2.38. The summed E-state index contributed by atoms with van der Waals surface area (Å²) in [6.07, 6.45) is 0. The monoisotopic (exact) mass is 325 g/mol. The fraction of sp³-hybridized carbons (Fsp3) is 0.316. The summed E-state index contributed by atoms with van der Waals surface area (Å²) in [6, 6.07) is 14.0. The molecule has 0 atom stereocenters. The van der Waals surface area contributed by atoms with Crippen molar-refractivity contribution in [2.75, 3.05) is 48.8 Å². The second-order valence-corrected chi connectivity index (χ2v) is 6.07. The van der Waals surface area contributed by atoms with Gasteiger partial charge < -0.3 is 20.3 Å². The highest BCUT2D eigenvalue weighted by Crippen LogP contribution is 2.27. The van der Waals surface area contributed by atoms with E-state index in [2.05, 4.69) is 41.0 Å². The number of carbonyl (C=O) groups is 1. The van der Waals surface area contributed by atoms with E-state index in [-0.39, 0.29) is 5.97 Å². The maximum absolute atomic E-state index is 11.6. The van der Waals surface area contributed by atoms with E-state index in [0.29, 0.717) is 11.3 Å². The van der Waals surface area contributed by atoms with Crippen LogP contribution in [0.2, 0.25) is 0 Å². The van der Waals surface area contributed by atoms with Gasteiger partial charge in [0.1, 0.15) is 0 Å². The molecule has 5 heteroatoms. The van der Waals surface area contributed by atoms with Gasteiger partial charge in [-0.1, -0.05) is 17.7 Å². The summed E-state index contributed by atoms with van der Waals surface area (Å²) < 4.78 is 4.73. The molecule has 24 heavy (non-hydrogen) atoms. The third-order valence-corrected chi connectivity index (χ3v) is 4.47. The minimum atomic E-state index is -0.363. The summed E-state index contributed by atoms with van der Waals surface area (Å²) >= 11 is 0. The molecule has 3 rings (SSSR count). The molecule has 0 aliphatic carbocycles. The lowest BCUT2D eigenvalue weighted by Crippen LogP contribution is -2.46. The Labute approximate surface area is 142 Å². The quantitative estimate of drug-likeness (QED) is 0.694. The van der Waals surface area contributed by atoms with Gasteiger partial charge in [0.2, 0.25) is 0 Å². The van der Waals surface area contributed by atoms with E-state index in [4.69, 9.17) is 10.5 Å². The SMILES string of the molecule is COC(=O)c1ccc(N2CCN(c3ccc(C)cc3)CC2)c(N)c1. The number of methoxy groups -OCH3 is 1. The number of piperazine rings is 1. The zero-order valence-electron chi connectivity index (χ0n) is 14.2. The minimum Gasteiger partial charge on any atom is -0.465 e. The van der Waals surface area contributed by atoms with Gasteiger partial charge in [0.15, 0.2) is 0 Å². The van der Waals surface area contributed by atoms with Gasteiger partial charge in [-0.25, -0.2) is 4.79 Å². The van der Waals surface area contributed by atoms with Crippen molar-refractivity contribution >= 4 is 23.0 Å². The summed E-state index contributed by atoms with van der Waals surface area (Å²) in [5.41, 5.74) is 10.8. The molecular formula is C19H23N3O2. The Morgan fingerprint density at radius 3 is 2.21 bits per heavy atom. The van der Waals surface area contributed by atoms with Gasteiger partial charge in [0.25, 0.3) is 0 Å². The Kier molecular flexibility index (Phi) is 4.60. The van der Waals surface area contributed by atoms with E-state index >= 15 is 0 Å². The van der Waals surface area contributed by atoms with Gasteiger partial charge in [-0.2, -0.15) is 0 Å². The van der Waals surface area contributed by atoms with E-state index in [1.165, 1.54) is 18.4 Å². The van der Waals surface area contributed by atoms with Crippen molar-refractivity contribution in [2.24, 2.45) is 0 Å². The van der Waals surface area contributed by atoms with E-state index in [1.54, 1.807) is 12.1 Å². The molecule has 2 aromatic carbocycles. The Bertz CT molecular complexity index is 720. The number of benzene rings is 2. The molecule has 2 N–H and O–H groups in total. The van der Waals surface area contributed by atoms with Crippen LogP contribution >= 0.6 is 0 Å². The van der Waals surface area contributed by atoms with Crippen LogP contribution in [0.3, 0.4) is 0 Å². The second-order valence-electron chi connectivity index (χ2n) is 6.07. The van der Waals surface area contributed by atoms with Crippen LogP contribution in [-0.4, -0.2) is 39.3 Å². The summed E-state index contributed by atoms with van der Waals surface area (Å²) in [7, 11) is 1.37. The highest BCUT2D eigenvalue weighted by Gasteiger charge is 2.19.